The van der Waals surface area contributed by atoms with Gasteiger partial charge in [0, 0.05) is 13.2 Å². The summed E-state index contributed by atoms with van der Waals surface area (Å²) in [4.78, 5) is 11.1. The molecule has 0 spiro atoms. The smallest absolute Gasteiger partial charge is 0.0733 e. The minimum atomic E-state index is 0.129. The molecular weight excluding hydrogens is 462 g/mol. The summed E-state index contributed by atoms with van der Waals surface area (Å²) in [5.74, 6) is 0. The first kappa shape index (κ1) is 36.8. The van der Waals surface area contributed by atoms with E-state index in [0.29, 0.717) is 26.1 Å². The summed E-state index contributed by atoms with van der Waals surface area (Å²) in [6, 6.07) is 0. The Morgan fingerprint density at radius 3 is 0.919 bits per heavy atom. The Balaban J connectivity index is 3.25. The number of aliphatic hydroxyl groups excluding tert-OH is 2. The van der Waals surface area contributed by atoms with Gasteiger partial charge in [0.1, 0.15) is 0 Å². The fraction of sp³-hybridized carbons (Fsp3) is 1.00. The van der Waals surface area contributed by atoms with Crippen LogP contribution < -0.4 is 0 Å². The van der Waals surface area contributed by atoms with Gasteiger partial charge in [-0.05, 0) is 19.3 Å². The molecule has 37 heavy (non-hydrogen) atoms. The van der Waals surface area contributed by atoms with Crippen LogP contribution in [0.15, 0.2) is 0 Å². The van der Waals surface area contributed by atoms with Gasteiger partial charge in [-0.3, -0.25) is 9.68 Å². The number of aliphatic hydroxyl groups is 2. The molecule has 0 radical (unpaired) electrons. The van der Waals surface area contributed by atoms with Crippen molar-refractivity contribution in [1.29, 1.82) is 0 Å². The molecule has 5 heteroatoms. The number of nitrogens with zero attached hydrogens (tertiary/aromatic N) is 1. The van der Waals surface area contributed by atoms with Gasteiger partial charge in [0.05, 0.1) is 19.8 Å². The molecule has 0 amide bonds. The van der Waals surface area contributed by atoms with E-state index >= 15 is 0 Å². The van der Waals surface area contributed by atoms with Gasteiger partial charge in [-0.15, -0.1) is 0 Å². The lowest BCUT2D eigenvalue weighted by Crippen LogP contribution is -2.27. The third kappa shape index (κ3) is 31.9. The van der Waals surface area contributed by atoms with E-state index in [9.17, 15) is 0 Å². The quantitative estimate of drug-likeness (QED) is 0.0655. The van der Waals surface area contributed by atoms with Crippen LogP contribution in [-0.2, 0) is 9.68 Å². The van der Waals surface area contributed by atoms with Crippen molar-refractivity contribution in [2.75, 3.05) is 33.0 Å². The molecule has 224 valence electrons. The number of rotatable bonds is 33. The van der Waals surface area contributed by atoms with Crippen LogP contribution in [0.4, 0.5) is 0 Å². The third-order valence-electron chi connectivity index (χ3n) is 7.27. The normalized spacial score (nSPS) is 11.7. The Labute approximate surface area is 232 Å². The first-order valence-corrected chi connectivity index (χ1v) is 16.6. The van der Waals surface area contributed by atoms with E-state index in [1.54, 1.807) is 5.23 Å². The second-order valence-electron chi connectivity index (χ2n) is 11.0. The minimum Gasteiger partial charge on any atom is -0.396 e. The minimum absolute atomic E-state index is 0.129. The number of hydrogen-bond donors (Lipinski definition) is 2. The van der Waals surface area contributed by atoms with Gasteiger partial charge in [0.15, 0.2) is 0 Å². The molecule has 0 unspecified atom stereocenters. The molecule has 0 aromatic carbocycles. The molecule has 0 aliphatic heterocycles. The zero-order chi connectivity index (χ0) is 26.9. The summed E-state index contributed by atoms with van der Waals surface area (Å²) in [6.07, 6.45) is 34.8. The van der Waals surface area contributed by atoms with Crippen LogP contribution >= 0.6 is 0 Å². The zero-order valence-corrected chi connectivity index (χ0v) is 25.1. The molecule has 0 bridgehead atoms. The van der Waals surface area contributed by atoms with Crippen LogP contribution in [-0.4, -0.2) is 48.4 Å². The van der Waals surface area contributed by atoms with Gasteiger partial charge in [-0.25, -0.2) is 0 Å². The van der Waals surface area contributed by atoms with Gasteiger partial charge in [0.2, 0.25) is 0 Å². The summed E-state index contributed by atoms with van der Waals surface area (Å²) in [5, 5.41) is 19.3. The fourth-order valence-corrected chi connectivity index (χ4v) is 4.83. The lowest BCUT2D eigenvalue weighted by molar-refractivity contribution is -0.369. The largest absolute Gasteiger partial charge is 0.396 e. The van der Waals surface area contributed by atoms with Crippen molar-refractivity contribution in [2.45, 2.75) is 174 Å². The summed E-state index contributed by atoms with van der Waals surface area (Å²) >= 11 is 0. The second kappa shape index (κ2) is 33.8. The zero-order valence-electron chi connectivity index (χ0n) is 25.1. The van der Waals surface area contributed by atoms with Gasteiger partial charge in [-0.1, -0.05) is 160 Å². The van der Waals surface area contributed by atoms with E-state index in [1.165, 1.54) is 148 Å². The van der Waals surface area contributed by atoms with Crippen LogP contribution in [0.1, 0.15) is 174 Å². The van der Waals surface area contributed by atoms with Crippen molar-refractivity contribution in [3.63, 3.8) is 0 Å². The van der Waals surface area contributed by atoms with Crippen molar-refractivity contribution in [2.24, 2.45) is 0 Å². The van der Waals surface area contributed by atoms with Crippen LogP contribution in [0.3, 0.4) is 0 Å². The van der Waals surface area contributed by atoms with E-state index in [2.05, 4.69) is 6.92 Å². The van der Waals surface area contributed by atoms with E-state index < -0.39 is 0 Å². The third-order valence-corrected chi connectivity index (χ3v) is 7.27. The second-order valence-corrected chi connectivity index (χ2v) is 11.0. The van der Waals surface area contributed by atoms with Crippen LogP contribution in [0.2, 0.25) is 0 Å². The number of unbranched alkanes of at least 4 members (excludes halogenated alkanes) is 23. The Kier molecular flexibility index (Phi) is 33.6. The molecule has 0 rings (SSSR count). The SMILES string of the molecule is CCCCCCCCCCCCCCCCCCCCCCCCCCN(OCCCO)OCCCO. The highest BCUT2D eigenvalue weighted by molar-refractivity contribution is 4.52. The van der Waals surface area contributed by atoms with Crippen molar-refractivity contribution in [1.82, 2.24) is 5.23 Å². The maximum atomic E-state index is 8.89. The Morgan fingerprint density at radius 2 is 0.649 bits per heavy atom. The van der Waals surface area contributed by atoms with Crippen LogP contribution in [0.25, 0.3) is 0 Å². The predicted octanol–water partition coefficient (Wildman–Crippen LogP) is 9.30. The number of hydrogen-bond acceptors (Lipinski definition) is 5. The average Bonchev–Trinajstić information content (AvgIpc) is 2.91. The van der Waals surface area contributed by atoms with Crippen molar-refractivity contribution >= 4 is 0 Å². The van der Waals surface area contributed by atoms with E-state index in [1.807, 2.05) is 0 Å². The predicted molar refractivity (Wildman–Crippen MR) is 158 cm³/mol. The summed E-state index contributed by atoms with van der Waals surface area (Å²) in [6.45, 7) is 4.23. The first-order valence-electron chi connectivity index (χ1n) is 16.6. The highest BCUT2D eigenvalue weighted by Crippen LogP contribution is 2.15. The molecule has 0 fully saturated rings. The van der Waals surface area contributed by atoms with Gasteiger partial charge in [-0.2, -0.15) is 0 Å². The molecule has 0 atom stereocenters. The standard InChI is InChI=1S/C32H67NO4/c1-2-3-4-5-6-7-8-9-10-11-12-13-14-15-16-17-18-19-20-21-22-23-24-25-28-33(36-31-26-29-34)37-32-27-30-35/h34-35H,2-32H2,1H3. The maximum absolute atomic E-state index is 8.89. The summed E-state index contributed by atoms with van der Waals surface area (Å²) in [7, 11) is 0. The summed E-state index contributed by atoms with van der Waals surface area (Å²) < 4.78 is 0. The lowest BCUT2D eigenvalue weighted by Gasteiger charge is -2.20. The molecular formula is C32H67NO4. The van der Waals surface area contributed by atoms with Crippen LogP contribution in [0, 0.1) is 0 Å². The Hall–Kier alpha value is -0.200. The molecule has 2 N–H and O–H groups in total. The van der Waals surface area contributed by atoms with Gasteiger partial charge in [0.25, 0.3) is 0 Å². The Morgan fingerprint density at radius 1 is 0.378 bits per heavy atom. The monoisotopic (exact) mass is 530 g/mol. The van der Waals surface area contributed by atoms with Gasteiger partial charge < -0.3 is 10.2 Å². The van der Waals surface area contributed by atoms with E-state index in [0.717, 1.165) is 13.0 Å². The first-order chi connectivity index (χ1) is 18.3. The molecule has 0 aliphatic rings. The molecule has 0 heterocycles. The van der Waals surface area contributed by atoms with Crippen LogP contribution in [0.5, 0.6) is 0 Å². The fourth-order valence-electron chi connectivity index (χ4n) is 4.83. The highest BCUT2D eigenvalue weighted by atomic mass is 16.9. The van der Waals surface area contributed by atoms with Crippen molar-refractivity contribution in [3.05, 3.63) is 0 Å². The molecule has 0 aromatic heterocycles. The topological polar surface area (TPSA) is 62.2 Å². The Bertz CT molecular complexity index is 387. The van der Waals surface area contributed by atoms with E-state index in [4.69, 9.17) is 19.9 Å². The highest BCUT2D eigenvalue weighted by Gasteiger charge is 2.06. The van der Waals surface area contributed by atoms with Gasteiger partial charge >= 0.3 is 0 Å². The summed E-state index contributed by atoms with van der Waals surface area (Å²) in [5.41, 5.74) is 0. The number of hydroxylamine groups is 2. The van der Waals surface area contributed by atoms with Crippen molar-refractivity contribution in [3.8, 4) is 0 Å². The molecule has 0 aliphatic carbocycles. The maximum Gasteiger partial charge on any atom is 0.0733 e. The average molecular weight is 530 g/mol. The molecule has 0 aromatic rings. The molecule has 0 saturated carbocycles. The van der Waals surface area contributed by atoms with E-state index in [-0.39, 0.29) is 13.2 Å². The lowest BCUT2D eigenvalue weighted by atomic mass is 10.0. The molecule has 0 saturated heterocycles. The molecule has 5 nitrogen and oxygen atoms in total. The van der Waals surface area contributed by atoms with Crippen molar-refractivity contribution < 1.29 is 19.9 Å².